The third-order valence-electron chi connectivity index (χ3n) is 6.93. The third-order valence-corrected chi connectivity index (χ3v) is 7.76. The number of carbonyl (C=O) groups is 2. The topological polar surface area (TPSA) is 71.1 Å². The number of rotatable bonds is 9. The molecule has 1 heterocycles. The Hall–Kier alpha value is -3.62. The van der Waals surface area contributed by atoms with Gasteiger partial charge in [0.05, 0.1) is 26.3 Å². The van der Waals surface area contributed by atoms with Crippen LogP contribution >= 0.6 is 23.8 Å². The molecule has 0 aromatic heterocycles. The second kappa shape index (κ2) is 12.1. The number of nitrogens with zero attached hydrogens (tertiary/aromatic N) is 2. The summed E-state index contributed by atoms with van der Waals surface area (Å²) in [7, 11) is 3.18. The first-order chi connectivity index (χ1) is 18.6. The molecule has 2 amide bonds. The smallest absolute Gasteiger partial charge is 0.256 e. The zero-order valence-electron chi connectivity index (χ0n) is 22.7. The fourth-order valence-corrected chi connectivity index (χ4v) is 5.26. The molecule has 4 rings (SSSR count). The lowest BCUT2D eigenvalue weighted by atomic mass is 10.1. The SMILES string of the molecule is COc1ccc(CCN2C(=S)N(c3cc(C)ccc3C)C(=O)C2CC(=O)Nc2cccc(Cl)c2C)cc1OC. The van der Waals surface area contributed by atoms with Crippen molar-refractivity contribution in [2.45, 2.75) is 39.7 Å². The van der Waals surface area contributed by atoms with Crippen molar-refractivity contribution in [1.82, 2.24) is 4.90 Å². The zero-order chi connectivity index (χ0) is 28.3. The second-order valence-corrected chi connectivity index (χ2v) is 10.3. The van der Waals surface area contributed by atoms with Crippen LogP contribution < -0.4 is 19.7 Å². The first-order valence-electron chi connectivity index (χ1n) is 12.6. The Labute approximate surface area is 239 Å². The van der Waals surface area contributed by atoms with E-state index in [0.29, 0.717) is 40.3 Å². The Kier molecular flexibility index (Phi) is 8.77. The van der Waals surface area contributed by atoms with Gasteiger partial charge in [-0.15, -0.1) is 0 Å². The van der Waals surface area contributed by atoms with E-state index in [1.54, 1.807) is 37.3 Å². The van der Waals surface area contributed by atoms with Gasteiger partial charge in [-0.25, -0.2) is 0 Å². The number of anilines is 2. The van der Waals surface area contributed by atoms with Crippen LogP contribution in [0.4, 0.5) is 11.4 Å². The standard InChI is InChI=1S/C30H32ClN3O4S/c1-18-9-10-19(2)24(15-18)34-29(36)25(17-28(35)32-23-8-6-7-22(31)20(23)3)33(30(34)39)14-13-21-11-12-26(37-4)27(16-21)38-5/h6-12,15-16,25H,13-14,17H2,1-5H3,(H,32,35). The van der Waals surface area contributed by atoms with Gasteiger partial charge >= 0.3 is 0 Å². The molecule has 1 atom stereocenters. The van der Waals surface area contributed by atoms with E-state index in [1.807, 2.05) is 62.1 Å². The summed E-state index contributed by atoms with van der Waals surface area (Å²) in [5.41, 5.74) is 5.05. The lowest BCUT2D eigenvalue weighted by Gasteiger charge is -2.24. The summed E-state index contributed by atoms with van der Waals surface area (Å²) < 4.78 is 10.8. The lowest BCUT2D eigenvalue weighted by molar-refractivity contribution is -0.124. The first kappa shape index (κ1) is 28.4. The van der Waals surface area contributed by atoms with Crippen molar-refractivity contribution >= 4 is 52.1 Å². The summed E-state index contributed by atoms with van der Waals surface area (Å²) in [5, 5.41) is 3.86. The number of amides is 2. The average molecular weight is 566 g/mol. The fraction of sp³-hybridized carbons (Fsp3) is 0.300. The summed E-state index contributed by atoms with van der Waals surface area (Å²) in [6.45, 7) is 6.20. The van der Waals surface area contributed by atoms with Crippen molar-refractivity contribution in [3.8, 4) is 11.5 Å². The number of aryl methyl sites for hydroxylation is 2. The minimum atomic E-state index is -0.753. The van der Waals surface area contributed by atoms with Crippen LogP contribution in [0.15, 0.2) is 54.6 Å². The van der Waals surface area contributed by atoms with E-state index in [0.717, 1.165) is 27.9 Å². The number of ether oxygens (including phenoxy) is 2. The van der Waals surface area contributed by atoms with Crippen LogP contribution in [0.1, 0.15) is 28.7 Å². The van der Waals surface area contributed by atoms with Crippen LogP contribution in [0.2, 0.25) is 5.02 Å². The van der Waals surface area contributed by atoms with Crippen molar-refractivity contribution in [3.63, 3.8) is 0 Å². The highest BCUT2D eigenvalue weighted by Crippen LogP contribution is 2.32. The van der Waals surface area contributed by atoms with Crippen molar-refractivity contribution in [2.75, 3.05) is 31.0 Å². The molecule has 0 radical (unpaired) electrons. The van der Waals surface area contributed by atoms with Crippen LogP contribution in [0.25, 0.3) is 0 Å². The quantitative estimate of drug-likeness (QED) is 0.328. The third kappa shape index (κ3) is 6.02. The highest BCUT2D eigenvalue weighted by Gasteiger charge is 2.44. The maximum atomic E-state index is 13.9. The molecule has 3 aromatic rings. The van der Waals surface area contributed by atoms with Gasteiger partial charge in [-0.05, 0) is 92.0 Å². The number of halogens is 1. The largest absolute Gasteiger partial charge is 0.493 e. The van der Waals surface area contributed by atoms with Crippen LogP contribution in [0.3, 0.4) is 0 Å². The molecular weight excluding hydrogens is 534 g/mol. The number of methoxy groups -OCH3 is 2. The van der Waals surface area contributed by atoms with Gasteiger partial charge in [0.2, 0.25) is 5.91 Å². The van der Waals surface area contributed by atoms with Crippen molar-refractivity contribution in [2.24, 2.45) is 0 Å². The Morgan fingerprint density at radius 1 is 1.03 bits per heavy atom. The first-order valence-corrected chi connectivity index (χ1v) is 13.4. The van der Waals surface area contributed by atoms with E-state index in [9.17, 15) is 9.59 Å². The Bertz CT molecular complexity index is 1430. The molecule has 1 aliphatic rings. The Morgan fingerprint density at radius 2 is 1.77 bits per heavy atom. The summed E-state index contributed by atoms with van der Waals surface area (Å²) in [6.07, 6.45) is 0.526. The number of hydrogen-bond acceptors (Lipinski definition) is 5. The van der Waals surface area contributed by atoms with Crippen LogP contribution in [0, 0.1) is 20.8 Å². The Balaban J connectivity index is 1.62. The van der Waals surface area contributed by atoms with Crippen molar-refractivity contribution in [3.05, 3.63) is 81.9 Å². The van der Waals surface area contributed by atoms with E-state index in [1.165, 1.54) is 0 Å². The molecule has 1 aliphatic heterocycles. The molecule has 0 aliphatic carbocycles. The molecule has 7 nitrogen and oxygen atoms in total. The van der Waals surface area contributed by atoms with Gasteiger partial charge in [-0.3, -0.25) is 14.5 Å². The van der Waals surface area contributed by atoms with E-state index in [2.05, 4.69) is 5.32 Å². The van der Waals surface area contributed by atoms with Gasteiger partial charge in [0, 0.05) is 17.3 Å². The maximum Gasteiger partial charge on any atom is 0.256 e. The highest BCUT2D eigenvalue weighted by atomic mass is 35.5. The molecule has 0 bridgehead atoms. The number of carbonyl (C=O) groups excluding carboxylic acids is 2. The van der Waals surface area contributed by atoms with Crippen molar-refractivity contribution < 1.29 is 19.1 Å². The predicted octanol–water partition coefficient (Wildman–Crippen LogP) is 5.86. The molecule has 204 valence electrons. The van der Waals surface area contributed by atoms with Gasteiger partial charge in [-0.2, -0.15) is 0 Å². The van der Waals surface area contributed by atoms with E-state index < -0.39 is 6.04 Å². The van der Waals surface area contributed by atoms with Gasteiger partial charge in [0.25, 0.3) is 5.91 Å². The van der Waals surface area contributed by atoms with Gasteiger partial charge in [-0.1, -0.05) is 35.9 Å². The molecule has 1 fully saturated rings. The molecule has 1 saturated heterocycles. The predicted molar refractivity (Wildman–Crippen MR) is 159 cm³/mol. The van der Waals surface area contributed by atoms with E-state index in [-0.39, 0.29) is 18.2 Å². The van der Waals surface area contributed by atoms with E-state index in [4.69, 9.17) is 33.3 Å². The number of benzene rings is 3. The van der Waals surface area contributed by atoms with Gasteiger partial charge in [0.1, 0.15) is 6.04 Å². The Morgan fingerprint density at radius 3 is 2.49 bits per heavy atom. The lowest BCUT2D eigenvalue weighted by Crippen LogP contribution is -2.39. The number of nitrogens with one attached hydrogen (secondary N) is 1. The summed E-state index contributed by atoms with van der Waals surface area (Å²) in [5.74, 6) is 0.749. The molecule has 3 aromatic carbocycles. The molecular formula is C30H32ClN3O4S. The van der Waals surface area contributed by atoms with Crippen LogP contribution in [-0.2, 0) is 16.0 Å². The number of hydrogen-bond donors (Lipinski definition) is 1. The zero-order valence-corrected chi connectivity index (χ0v) is 24.3. The molecule has 0 spiro atoms. The van der Waals surface area contributed by atoms with Crippen LogP contribution in [-0.4, -0.2) is 48.6 Å². The fourth-order valence-electron chi connectivity index (χ4n) is 4.67. The summed E-state index contributed by atoms with van der Waals surface area (Å²) >= 11 is 12.1. The molecule has 39 heavy (non-hydrogen) atoms. The van der Waals surface area contributed by atoms with Gasteiger partial charge < -0.3 is 19.7 Å². The van der Waals surface area contributed by atoms with Crippen LogP contribution in [0.5, 0.6) is 11.5 Å². The molecule has 1 unspecified atom stereocenters. The molecule has 0 saturated carbocycles. The molecule has 1 N–H and O–H groups in total. The monoisotopic (exact) mass is 565 g/mol. The average Bonchev–Trinajstić information content (AvgIpc) is 3.14. The maximum absolute atomic E-state index is 13.9. The normalized spacial score (nSPS) is 15.1. The number of thiocarbonyl (C=S) groups is 1. The minimum absolute atomic E-state index is 0.0573. The highest BCUT2D eigenvalue weighted by molar-refractivity contribution is 7.80. The minimum Gasteiger partial charge on any atom is -0.493 e. The summed E-state index contributed by atoms with van der Waals surface area (Å²) in [4.78, 5) is 30.5. The van der Waals surface area contributed by atoms with E-state index >= 15 is 0 Å². The van der Waals surface area contributed by atoms with Crippen molar-refractivity contribution in [1.29, 1.82) is 0 Å². The summed E-state index contributed by atoms with van der Waals surface area (Å²) in [6, 6.07) is 16.2. The van der Waals surface area contributed by atoms with Gasteiger partial charge in [0.15, 0.2) is 16.6 Å². The molecule has 9 heteroatoms. The second-order valence-electron chi connectivity index (χ2n) is 9.56.